The van der Waals surface area contributed by atoms with Gasteiger partial charge in [-0.25, -0.2) is 9.78 Å². The van der Waals surface area contributed by atoms with E-state index in [1.165, 1.54) is 23.2 Å². The van der Waals surface area contributed by atoms with Crippen LogP contribution in [0.3, 0.4) is 0 Å². The van der Waals surface area contributed by atoms with Crippen molar-refractivity contribution in [2.75, 3.05) is 5.32 Å². The molecule has 0 saturated heterocycles. The summed E-state index contributed by atoms with van der Waals surface area (Å²) < 4.78 is 3.93. The molecule has 2 heterocycles. The molecule has 11 heteroatoms. The van der Waals surface area contributed by atoms with Crippen LogP contribution in [0, 0.1) is 0 Å². The molecule has 2 aromatic heterocycles. The Labute approximate surface area is 178 Å². The maximum Gasteiger partial charge on any atom is 0.332 e. The summed E-state index contributed by atoms with van der Waals surface area (Å²) in [6.45, 7) is -0.184. The number of carbonyl (C=O) groups excluding carboxylic acids is 2. The topological polar surface area (TPSA) is 120 Å². The Morgan fingerprint density at radius 1 is 1.20 bits per heavy atom. The summed E-state index contributed by atoms with van der Waals surface area (Å²) in [6.07, 6.45) is 1.98. The molecule has 1 saturated carbocycles. The number of aryl methyl sites for hydroxylation is 1. The van der Waals surface area contributed by atoms with Crippen molar-refractivity contribution in [2.24, 2.45) is 14.1 Å². The van der Waals surface area contributed by atoms with Crippen molar-refractivity contribution in [1.29, 1.82) is 0 Å². The summed E-state index contributed by atoms with van der Waals surface area (Å²) >= 11 is 3.26. The quantitative estimate of drug-likeness (QED) is 0.528. The Kier molecular flexibility index (Phi) is 5.06. The molecule has 0 bridgehead atoms. The molecular formula is C19H19BrN6O4. The number of fused-ring (bicyclic) bond motifs is 1. The van der Waals surface area contributed by atoms with Crippen LogP contribution >= 0.6 is 15.9 Å². The van der Waals surface area contributed by atoms with E-state index in [4.69, 9.17) is 0 Å². The van der Waals surface area contributed by atoms with Crippen LogP contribution < -0.4 is 21.9 Å². The van der Waals surface area contributed by atoms with Crippen molar-refractivity contribution in [2.45, 2.75) is 25.4 Å². The molecule has 156 valence electrons. The molecule has 1 aliphatic rings. The molecule has 0 atom stereocenters. The van der Waals surface area contributed by atoms with E-state index in [2.05, 4.69) is 31.5 Å². The van der Waals surface area contributed by atoms with Crippen LogP contribution in [0.25, 0.3) is 11.2 Å². The molecule has 1 aliphatic carbocycles. The molecule has 2 N–H and O–H groups in total. The van der Waals surface area contributed by atoms with Crippen molar-refractivity contribution >= 4 is 44.6 Å². The summed E-state index contributed by atoms with van der Waals surface area (Å²) in [5.74, 6) is -0.578. The molecule has 30 heavy (non-hydrogen) atoms. The van der Waals surface area contributed by atoms with Gasteiger partial charge in [0.05, 0.1) is 0 Å². The van der Waals surface area contributed by atoms with E-state index in [1.54, 1.807) is 24.3 Å². The summed E-state index contributed by atoms with van der Waals surface area (Å²) in [4.78, 5) is 53.6. The minimum absolute atomic E-state index is 0.0815. The molecule has 4 rings (SSSR count). The lowest BCUT2D eigenvalue weighted by Crippen LogP contribution is -2.37. The highest BCUT2D eigenvalue weighted by Gasteiger charge is 2.24. The number of imidazole rings is 1. The average molecular weight is 475 g/mol. The number of nitrogens with one attached hydrogen (secondary N) is 2. The molecule has 0 aliphatic heterocycles. The second-order valence-electron chi connectivity index (χ2n) is 7.22. The van der Waals surface area contributed by atoms with Gasteiger partial charge in [-0.3, -0.25) is 28.1 Å². The number of benzene rings is 1. The van der Waals surface area contributed by atoms with Crippen LogP contribution in [0.4, 0.5) is 5.69 Å². The normalized spacial score (nSPS) is 13.4. The van der Waals surface area contributed by atoms with Gasteiger partial charge in [0.1, 0.15) is 6.54 Å². The zero-order chi connectivity index (χ0) is 21.6. The molecule has 2 amide bonds. The number of anilines is 1. The summed E-state index contributed by atoms with van der Waals surface area (Å²) in [6, 6.07) is 6.88. The SMILES string of the molecule is Cn1c(=O)c2nc(Br)n(CC(=O)Nc3cccc(C(=O)NC4CC4)c3)c2n(C)c1=O. The van der Waals surface area contributed by atoms with E-state index in [9.17, 15) is 19.2 Å². The van der Waals surface area contributed by atoms with Crippen LogP contribution in [-0.4, -0.2) is 36.5 Å². The first-order valence-electron chi connectivity index (χ1n) is 9.29. The molecule has 0 radical (unpaired) electrons. The molecule has 3 aromatic rings. The Balaban J connectivity index is 1.58. The van der Waals surface area contributed by atoms with Gasteiger partial charge in [0, 0.05) is 31.4 Å². The second-order valence-corrected chi connectivity index (χ2v) is 7.93. The predicted octanol–water partition coefficient (Wildman–Crippen LogP) is 0.727. The monoisotopic (exact) mass is 474 g/mol. The van der Waals surface area contributed by atoms with E-state index < -0.39 is 17.2 Å². The first-order valence-corrected chi connectivity index (χ1v) is 10.1. The summed E-state index contributed by atoms with van der Waals surface area (Å²) in [7, 11) is 2.88. The summed E-state index contributed by atoms with van der Waals surface area (Å²) in [5, 5.41) is 5.64. The van der Waals surface area contributed by atoms with Crippen LogP contribution in [0.5, 0.6) is 0 Å². The lowest BCUT2D eigenvalue weighted by molar-refractivity contribution is -0.116. The minimum atomic E-state index is -0.540. The van der Waals surface area contributed by atoms with Gasteiger partial charge < -0.3 is 10.6 Å². The number of hydrogen-bond acceptors (Lipinski definition) is 5. The highest BCUT2D eigenvalue weighted by atomic mass is 79.9. The molecule has 10 nitrogen and oxygen atoms in total. The van der Waals surface area contributed by atoms with Gasteiger partial charge in [0.25, 0.3) is 11.5 Å². The standard InChI is InChI=1S/C19H19BrN6O4/c1-24-16-14(17(29)25(2)19(24)30)23-18(20)26(16)9-13(27)21-12-5-3-4-10(8-12)15(28)22-11-6-7-11/h3-5,8,11H,6-7,9H2,1-2H3,(H,21,27)(H,22,28). The van der Waals surface area contributed by atoms with E-state index in [0.29, 0.717) is 11.3 Å². The number of halogens is 1. The van der Waals surface area contributed by atoms with Gasteiger partial charge in [0.15, 0.2) is 15.9 Å². The maximum absolute atomic E-state index is 12.6. The fraction of sp³-hybridized carbons (Fsp3) is 0.316. The average Bonchev–Trinajstić information content (AvgIpc) is 3.47. The van der Waals surface area contributed by atoms with Crippen molar-refractivity contribution in [3.05, 3.63) is 55.4 Å². The van der Waals surface area contributed by atoms with Crippen LogP contribution in [0.15, 0.2) is 38.6 Å². The van der Waals surface area contributed by atoms with Gasteiger partial charge in [-0.05, 0) is 47.0 Å². The Hall–Kier alpha value is -3.21. The highest BCUT2D eigenvalue weighted by Crippen LogP contribution is 2.20. The molecular weight excluding hydrogens is 456 g/mol. The Morgan fingerprint density at radius 3 is 2.63 bits per heavy atom. The summed E-state index contributed by atoms with van der Waals surface area (Å²) in [5.41, 5.74) is 0.188. The molecule has 0 spiro atoms. The highest BCUT2D eigenvalue weighted by molar-refractivity contribution is 9.10. The lowest BCUT2D eigenvalue weighted by Gasteiger charge is -2.11. The number of carbonyl (C=O) groups is 2. The Morgan fingerprint density at radius 2 is 1.93 bits per heavy atom. The largest absolute Gasteiger partial charge is 0.349 e. The number of hydrogen-bond donors (Lipinski definition) is 2. The third-order valence-electron chi connectivity index (χ3n) is 4.92. The number of aromatic nitrogens is 4. The van der Waals surface area contributed by atoms with Gasteiger partial charge in [-0.15, -0.1) is 0 Å². The fourth-order valence-electron chi connectivity index (χ4n) is 3.18. The van der Waals surface area contributed by atoms with E-state index >= 15 is 0 Å². The maximum atomic E-state index is 12.6. The lowest BCUT2D eigenvalue weighted by atomic mass is 10.2. The third-order valence-corrected chi connectivity index (χ3v) is 5.52. The van der Waals surface area contributed by atoms with Crippen molar-refractivity contribution in [1.82, 2.24) is 24.0 Å². The van der Waals surface area contributed by atoms with Crippen molar-refractivity contribution < 1.29 is 9.59 Å². The first kappa shape index (κ1) is 20.1. The van der Waals surface area contributed by atoms with Crippen LogP contribution in [-0.2, 0) is 25.4 Å². The van der Waals surface area contributed by atoms with E-state index in [0.717, 1.165) is 17.4 Å². The zero-order valence-electron chi connectivity index (χ0n) is 16.3. The predicted molar refractivity (Wildman–Crippen MR) is 113 cm³/mol. The molecule has 1 fully saturated rings. The second kappa shape index (κ2) is 7.56. The van der Waals surface area contributed by atoms with Crippen molar-refractivity contribution in [3.63, 3.8) is 0 Å². The number of nitrogens with zero attached hydrogens (tertiary/aromatic N) is 4. The van der Waals surface area contributed by atoms with Gasteiger partial charge >= 0.3 is 5.69 Å². The van der Waals surface area contributed by atoms with E-state index in [1.807, 2.05) is 0 Å². The van der Waals surface area contributed by atoms with Crippen molar-refractivity contribution in [3.8, 4) is 0 Å². The molecule has 1 aromatic carbocycles. The van der Waals surface area contributed by atoms with E-state index in [-0.39, 0.29) is 34.4 Å². The fourth-order valence-corrected chi connectivity index (χ4v) is 3.65. The minimum Gasteiger partial charge on any atom is -0.349 e. The Bertz CT molecular complexity index is 1300. The number of amides is 2. The first-order chi connectivity index (χ1) is 14.3. The van der Waals surface area contributed by atoms with Gasteiger partial charge in [-0.2, -0.15) is 0 Å². The zero-order valence-corrected chi connectivity index (χ0v) is 17.9. The van der Waals surface area contributed by atoms with Crippen LogP contribution in [0.2, 0.25) is 0 Å². The smallest absolute Gasteiger partial charge is 0.332 e. The van der Waals surface area contributed by atoms with Gasteiger partial charge in [-0.1, -0.05) is 6.07 Å². The molecule has 0 unspecified atom stereocenters. The number of rotatable bonds is 5. The third kappa shape index (κ3) is 3.67. The van der Waals surface area contributed by atoms with Gasteiger partial charge in [0.2, 0.25) is 5.91 Å². The van der Waals surface area contributed by atoms with Crippen LogP contribution in [0.1, 0.15) is 23.2 Å².